The van der Waals surface area contributed by atoms with E-state index in [1.54, 1.807) is 6.20 Å². The molecule has 2 aromatic heterocycles. The molecule has 19 heavy (non-hydrogen) atoms. The van der Waals surface area contributed by atoms with Gasteiger partial charge in [-0.05, 0) is 31.5 Å². The van der Waals surface area contributed by atoms with Crippen LogP contribution in [0.25, 0.3) is 22.4 Å². The van der Waals surface area contributed by atoms with Crippen LogP contribution in [0.1, 0.15) is 25.5 Å². The molecule has 2 heterocycles. The minimum Gasteiger partial charge on any atom is -0.326 e. The van der Waals surface area contributed by atoms with Gasteiger partial charge in [0.1, 0.15) is 5.82 Å². The van der Waals surface area contributed by atoms with Gasteiger partial charge in [0.05, 0.1) is 22.8 Å². The lowest BCUT2D eigenvalue weighted by molar-refractivity contribution is 0.624. The number of rotatable bonds is 3. The molecular weight excluding hydrogens is 238 g/mol. The molecule has 0 aliphatic heterocycles. The second kappa shape index (κ2) is 4.51. The first-order valence-electron chi connectivity index (χ1n) is 6.40. The van der Waals surface area contributed by atoms with Crippen LogP contribution in [-0.2, 0) is 6.54 Å². The standard InChI is InChI=1S/C14H17N5/c1-9(2)19-13-4-3-10(6-15)5-12(13)18-14(19)11-7-16-17-8-11/h3-5,7-9H,6,15H2,1-2H3,(H,16,17). The van der Waals surface area contributed by atoms with E-state index in [-0.39, 0.29) is 0 Å². The first-order chi connectivity index (χ1) is 9.20. The number of benzene rings is 1. The van der Waals surface area contributed by atoms with E-state index in [0.29, 0.717) is 12.6 Å². The SMILES string of the molecule is CC(C)n1c(-c2cn[nH]c2)nc2cc(CN)ccc21. The van der Waals surface area contributed by atoms with Gasteiger partial charge >= 0.3 is 0 Å². The predicted octanol–water partition coefficient (Wildman–Crippen LogP) is 2.47. The molecule has 0 fully saturated rings. The van der Waals surface area contributed by atoms with Gasteiger partial charge in [0.2, 0.25) is 0 Å². The molecule has 3 N–H and O–H groups in total. The van der Waals surface area contributed by atoms with E-state index in [1.807, 2.05) is 6.20 Å². The summed E-state index contributed by atoms with van der Waals surface area (Å²) in [6.07, 6.45) is 3.66. The smallest absolute Gasteiger partial charge is 0.144 e. The number of nitrogens with one attached hydrogen (secondary N) is 1. The summed E-state index contributed by atoms with van der Waals surface area (Å²) < 4.78 is 2.22. The second-order valence-corrected chi connectivity index (χ2v) is 4.91. The van der Waals surface area contributed by atoms with Gasteiger partial charge < -0.3 is 10.3 Å². The van der Waals surface area contributed by atoms with Crippen molar-refractivity contribution >= 4 is 11.0 Å². The third kappa shape index (κ3) is 1.92. The summed E-state index contributed by atoms with van der Waals surface area (Å²) in [6.45, 7) is 4.84. The Hall–Kier alpha value is -2.14. The van der Waals surface area contributed by atoms with Crippen molar-refractivity contribution in [1.29, 1.82) is 0 Å². The Kier molecular flexibility index (Phi) is 2.83. The molecule has 0 radical (unpaired) electrons. The molecule has 3 aromatic rings. The fourth-order valence-corrected chi connectivity index (χ4v) is 2.37. The normalized spacial score (nSPS) is 11.6. The average molecular weight is 255 g/mol. The van der Waals surface area contributed by atoms with Crippen LogP contribution in [0.2, 0.25) is 0 Å². The number of nitrogens with two attached hydrogens (primary N) is 1. The van der Waals surface area contributed by atoms with Gasteiger partial charge in [-0.1, -0.05) is 6.07 Å². The van der Waals surface area contributed by atoms with Crippen LogP contribution in [0.5, 0.6) is 0 Å². The number of H-pyrrole nitrogens is 1. The minimum absolute atomic E-state index is 0.332. The van der Waals surface area contributed by atoms with E-state index >= 15 is 0 Å². The van der Waals surface area contributed by atoms with E-state index in [0.717, 1.165) is 28.0 Å². The Morgan fingerprint density at radius 2 is 2.21 bits per heavy atom. The number of aromatic amines is 1. The van der Waals surface area contributed by atoms with Crippen molar-refractivity contribution in [1.82, 2.24) is 19.7 Å². The zero-order valence-corrected chi connectivity index (χ0v) is 11.1. The van der Waals surface area contributed by atoms with E-state index in [9.17, 15) is 0 Å². The Morgan fingerprint density at radius 3 is 2.84 bits per heavy atom. The summed E-state index contributed by atoms with van der Waals surface area (Å²) >= 11 is 0. The van der Waals surface area contributed by atoms with Gasteiger partial charge in [-0.25, -0.2) is 4.98 Å². The molecule has 0 aliphatic rings. The lowest BCUT2D eigenvalue weighted by Crippen LogP contribution is -2.02. The monoisotopic (exact) mass is 255 g/mol. The van der Waals surface area contributed by atoms with Gasteiger partial charge in [0.25, 0.3) is 0 Å². The van der Waals surface area contributed by atoms with Crippen molar-refractivity contribution < 1.29 is 0 Å². The third-order valence-electron chi connectivity index (χ3n) is 3.26. The summed E-state index contributed by atoms with van der Waals surface area (Å²) in [5.74, 6) is 0.938. The summed E-state index contributed by atoms with van der Waals surface area (Å²) in [7, 11) is 0. The molecular formula is C14H17N5. The first kappa shape index (κ1) is 11.9. The maximum atomic E-state index is 5.69. The van der Waals surface area contributed by atoms with Crippen LogP contribution in [0.3, 0.4) is 0 Å². The summed E-state index contributed by atoms with van der Waals surface area (Å²) in [4.78, 5) is 4.73. The molecule has 0 bridgehead atoms. The molecule has 5 nitrogen and oxygen atoms in total. The fourth-order valence-electron chi connectivity index (χ4n) is 2.37. The Morgan fingerprint density at radius 1 is 1.37 bits per heavy atom. The van der Waals surface area contributed by atoms with Gasteiger partial charge in [-0.2, -0.15) is 5.10 Å². The van der Waals surface area contributed by atoms with Crippen molar-refractivity contribution in [3.8, 4) is 11.4 Å². The van der Waals surface area contributed by atoms with Gasteiger partial charge in [0.15, 0.2) is 0 Å². The van der Waals surface area contributed by atoms with Crippen LogP contribution < -0.4 is 5.73 Å². The number of hydrogen-bond donors (Lipinski definition) is 2. The van der Waals surface area contributed by atoms with Gasteiger partial charge in [-0.15, -0.1) is 0 Å². The quantitative estimate of drug-likeness (QED) is 0.755. The van der Waals surface area contributed by atoms with Crippen molar-refractivity contribution in [3.05, 3.63) is 36.2 Å². The lowest BCUT2D eigenvalue weighted by Gasteiger charge is -2.12. The van der Waals surface area contributed by atoms with Crippen LogP contribution in [0, 0.1) is 0 Å². The Labute approximate surface area is 111 Å². The second-order valence-electron chi connectivity index (χ2n) is 4.91. The average Bonchev–Trinajstić information content (AvgIpc) is 3.04. The van der Waals surface area contributed by atoms with E-state index in [1.165, 1.54) is 0 Å². The Balaban J connectivity index is 2.29. The zero-order chi connectivity index (χ0) is 13.4. The van der Waals surface area contributed by atoms with Crippen molar-refractivity contribution in [2.24, 2.45) is 5.73 Å². The lowest BCUT2D eigenvalue weighted by atomic mass is 10.2. The number of hydrogen-bond acceptors (Lipinski definition) is 3. The minimum atomic E-state index is 0.332. The van der Waals surface area contributed by atoms with E-state index in [2.05, 4.69) is 46.8 Å². The number of nitrogens with zero attached hydrogens (tertiary/aromatic N) is 3. The zero-order valence-electron chi connectivity index (χ0n) is 11.1. The highest BCUT2D eigenvalue weighted by Gasteiger charge is 2.15. The van der Waals surface area contributed by atoms with E-state index < -0.39 is 0 Å². The molecule has 98 valence electrons. The third-order valence-corrected chi connectivity index (χ3v) is 3.26. The summed E-state index contributed by atoms with van der Waals surface area (Å²) in [6, 6.07) is 6.53. The van der Waals surface area contributed by atoms with Crippen LogP contribution in [0.4, 0.5) is 0 Å². The van der Waals surface area contributed by atoms with Crippen LogP contribution in [0.15, 0.2) is 30.6 Å². The van der Waals surface area contributed by atoms with Crippen molar-refractivity contribution in [3.63, 3.8) is 0 Å². The molecule has 0 spiro atoms. The van der Waals surface area contributed by atoms with Crippen molar-refractivity contribution in [2.45, 2.75) is 26.4 Å². The molecule has 0 unspecified atom stereocenters. The molecule has 1 aromatic carbocycles. The molecule has 0 saturated heterocycles. The number of fused-ring (bicyclic) bond motifs is 1. The molecule has 0 aliphatic carbocycles. The molecule has 0 amide bonds. The topological polar surface area (TPSA) is 72.5 Å². The highest BCUT2D eigenvalue weighted by Crippen LogP contribution is 2.28. The maximum Gasteiger partial charge on any atom is 0.144 e. The fraction of sp³-hybridized carbons (Fsp3) is 0.286. The summed E-state index contributed by atoms with van der Waals surface area (Å²) in [5.41, 5.74) is 9.89. The highest BCUT2D eigenvalue weighted by molar-refractivity contribution is 5.81. The highest BCUT2D eigenvalue weighted by atomic mass is 15.1. The molecule has 0 atom stereocenters. The number of imidazole rings is 1. The summed E-state index contributed by atoms with van der Waals surface area (Å²) in [5, 5.41) is 6.84. The van der Waals surface area contributed by atoms with Crippen LogP contribution in [-0.4, -0.2) is 19.7 Å². The number of aromatic nitrogens is 4. The van der Waals surface area contributed by atoms with Gasteiger partial charge in [-0.3, -0.25) is 5.10 Å². The molecule has 0 saturated carbocycles. The molecule has 3 rings (SSSR count). The van der Waals surface area contributed by atoms with E-state index in [4.69, 9.17) is 10.7 Å². The maximum absolute atomic E-state index is 5.69. The van der Waals surface area contributed by atoms with Crippen molar-refractivity contribution in [2.75, 3.05) is 0 Å². The van der Waals surface area contributed by atoms with Crippen LogP contribution >= 0.6 is 0 Å². The Bertz CT molecular complexity index is 694. The largest absolute Gasteiger partial charge is 0.326 e. The first-order valence-corrected chi connectivity index (χ1v) is 6.40. The van der Waals surface area contributed by atoms with Gasteiger partial charge in [0, 0.05) is 18.8 Å². The molecule has 5 heteroatoms. The predicted molar refractivity (Wildman–Crippen MR) is 75.6 cm³/mol.